The van der Waals surface area contributed by atoms with E-state index in [0.717, 1.165) is 29.1 Å². The molecule has 6 nitrogen and oxygen atoms in total. The highest BCUT2D eigenvalue weighted by atomic mass is 16.5. The molecule has 28 heavy (non-hydrogen) atoms. The van der Waals surface area contributed by atoms with Crippen LogP contribution in [0.15, 0.2) is 67.0 Å². The van der Waals surface area contributed by atoms with E-state index in [2.05, 4.69) is 27.8 Å². The monoisotopic (exact) mass is 377 g/mol. The van der Waals surface area contributed by atoms with E-state index in [1.807, 2.05) is 36.4 Å². The van der Waals surface area contributed by atoms with Gasteiger partial charge in [-0.05, 0) is 36.2 Å². The summed E-state index contributed by atoms with van der Waals surface area (Å²) in [4.78, 5) is 4.07. The number of anilines is 3. The second kappa shape index (κ2) is 8.29. The van der Waals surface area contributed by atoms with Crippen molar-refractivity contribution in [3.05, 3.63) is 78.1 Å². The van der Waals surface area contributed by atoms with E-state index in [1.165, 1.54) is 0 Å². The van der Waals surface area contributed by atoms with Gasteiger partial charge < -0.3 is 25.6 Å². The summed E-state index contributed by atoms with van der Waals surface area (Å²) in [5, 5.41) is 25.7. The van der Waals surface area contributed by atoms with Crippen LogP contribution in [0.4, 0.5) is 17.1 Å². The van der Waals surface area contributed by atoms with E-state index >= 15 is 0 Å². The van der Waals surface area contributed by atoms with Gasteiger partial charge in [-0.15, -0.1) is 0 Å². The molecule has 1 unspecified atom stereocenters. The number of nitrogens with one attached hydrogen (secondary N) is 2. The van der Waals surface area contributed by atoms with Gasteiger partial charge in [-0.25, -0.2) is 0 Å². The topological polar surface area (TPSA) is 86.6 Å². The molecule has 0 radical (unpaired) electrons. The molecule has 0 aliphatic carbocycles. The number of fused-ring (bicyclic) bond motifs is 1. The Morgan fingerprint density at radius 2 is 1.93 bits per heavy atom. The molecule has 2 heterocycles. The minimum absolute atomic E-state index is 0.262. The van der Waals surface area contributed by atoms with Crippen LogP contribution in [-0.2, 0) is 0 Å². The number of nitrogens with zero attached hydrogens (tertiary/aromatic N) is 1. The fourth-order valence-electron chi connectivity index (χ4n) is 3.45. The molecule has 1 atom stereocenters. The van der Waals surface area contributed by atoms with E-state index in [0.29, 0.717) is 24.4 Å². The minimum atomic E-state index is -1.53. The highest BCUT2D eigenvalue weighted by Gasteiger charge is 2.22. The van der Waals surface area contributed by atoms with E-state index in [9.17, 15) is 10.2 Å². The fraction of sp³-hybridized carbons (Fsp3) is 0.227. The molecule has 0 spiro atoms. The maximum atomic E-state index is 9.51. The molecule has 1 aromatic heterocycles. The third kappa shape index (κ3) is 4.08. The Hall–Kier alpha value is -3.09. The zero-order valence-electron chi connectivity index (χ0n) is 15.4. The summed E-state index contributed by atoms with van der Waals surface area (Å²) in [6.45, 7) is 1.31. The Morgan fingerprint density at radius 3 is 2.75 bits per heavy atom. The second-order valence-electron chi connectivity index (χ2n) is 6.80. The maximum absolute atomic E-state index is 9.51. The van der Waals surface area contributed by atoms with Crippen LogP contribution >= 0.6 is 0 Å². The molecule has 4 rings (SSSR count). The highest BCUT2D eigenvalue weighted by molar-refractivity contribution is 5.63. The molecular formula is C22H23N3O3. The molecule has 0 saturated heterocycles. The largest absolute Gasteiger partial charge is 0.493 e. The molecule has 6 heteroatoms. The summed E-state index contributed by atoms with van der Waals surface area (Å²) in [5.41, 5.74) is 4.21. The lowest BCUT2D eigenvalue weighted by atomic mass is 9.92. The molecule has 0 amide bonds. The number of rotatable bonds is 6. The Kier molecular flexibility index (Phi) is 5.41. The highest BCUT2D eigenvalue weighted by Crippen LogP contribution is 2.36. The van der Waals surface area contributed by atoms with Crippen molar-refractivity contribution in [2.24, 2.45) is 0 Å². The smallest absolute Gasteiger partial charge is 0.180 e. The average molecular weight is 377 g/mol. The van der Waals surface area contributed by atoms with E-state index in [1.54, 1.807) is 18.5 Å². The number of aromatic nitrogens is 1. The van der Waals surface area contributed by atoms with Crippen LogP contribution in [0.3, 0.4) is 0 Å². The number of aliphatic hydroxyl groups excluding tert-OH is 1. The normalized spacial score (nSPS) is 15.6. The SMILES string of the molecule is OC(O)c1ccncc1NCC1CCOc2cc(Nc3ccccc3)ccc21. The molecule has 0 bridgehead atoms. The summed E-state index contributed by atoms with van der Waals surface area (Å²) < 4.78 is 5.89. The molecule has 4 N–H and O–H groups in total. The number of ether oxygens (including phenoxy) is 1. The second-order valence-corrected chi connectivity index (χ2v) is 6.80. The number of aliphatic hydroxyl groups is 2. The molecule has 1 aliphatic rings. The molecule has 1 aliphatic heterocycles. The fourth-order valence-corrected chi connectivity index (χ4v) is 3.45. The van der Waals surface area contributed by atoms with Crippen LogP contribution in [0, 0.1) is 0 Å². The summed E-state index contributed by atoms with van der Waals surface area (Å²) in [6.07, 6.45) is 2.52. The Labute approximate surface area is 163 Å². The van der Waals surface area contributed by atoms with Gasteiger partial charge in [0.1, 0.15) is 5.75 Å². The number of pyridine rings is 1. The van der Waals surface area contributed by atoms with Gasteiger partial charge in [0.2, 0.25) is 0 Å². The number of hydrogen-bond acceptors (Lipinski definition) is 6. The molecule has 3 aromatic rings. The number of benzene rings is 2. The lowest BCUT2D eigenvalue weighted by Crippen LogP contribution is -2.21. The van der Waals surface area contributed by atoms with Crippen molar-refractivity contribution in [2.75, 3.05) is 23.8 Å². The summed E-state index contributed by atoms with van der Waals surface area (Å²) in [7, 11) is 0. The van der Waals surface area contributed by atoms with E-state index in [-0.39, 0.29) is 5.92 Å². The number of para-hydroxylation sites is 1. The Balaban J connectivity index is 1.48. The molecule has 0 saturated carbocycles. The zero-order valence-corrected chi connectivity index (χ0v) is 15.4. The first-order chi connectivity index (χ1) is 13.7. The lowest BCUT2D eigenvalue weighted by molar-refractivity contribution is -0.0419. The molecule has 2 aromatic carbocycles. The third-order valence-corrected chi connectivity index (χ3v) is 4.91. The van der Waals surface area contributed by atoms with E-state index in [4.69, 9.17) is 4.74 Å². The third-order valence-electron chi connectivity index (χ3n) is 4.91. The predicted octanol–water partition coefficient (Wildman–Crippen LogP) is 3.79. The first-order valence-electron chi connectivity index (χ1n) is 9.33. The molecular weight excluding hydrogens is 354 g/mol. The van der Waals surface area contributed by atoms with Crippen molar-refractivity contribution >= 4 is 17.1 Å². The molecule has 144 valence electrons. The van der Waals surface area contributed by atoms with Crippen molar-refractivity contribution in [3.63, 3.8) is 0 Å². The zero-order chi connectivity index (χ0) is 19.3. The number of hydrogen-bond donors (Lipinski definition) is 4. The van der Waals surface area contributed by atoms with E-state index < -0.39 is 6.29 Å². The van der Waals surface area contributed by atoms with Crippen LogP contribution in [0.2, 0.25) is 0 Å². The Morgan fingerprint density at radius 1 is 1.07 bits per heavy atom. The van der Waals surface area contributed by atoms with Crippen molar-refractivity contribution in [3.8, 4) is 5.75 Å². The predicted molar refractivity (Wildman–Crippen MR) is 109 cm³/mol. The van der Waals surface area contributed by atoms with Gasteiger partial charge >= 0.3 is 0 Å². The van der Waals surface area contributed by atoms with Crippen molar-refractivity contribution < 1.29 is 14.9 Å². The first kappa shape index (κ1) is 18.3. The maximum Gasteiger partial charge on any atom is 0.180 e. The minimum Gasteiger partial charge on any atom is -0.493 e. The Bertz CT molecular complexity index is 931. The van der Waals surface area contributed by atoms with Crippen LogP contribution in [0.25, 0.3) is 0 Å². The summed E-state index contributed by atoms with van der Waals surface area (Å²) in [6, 6.07) is 17.8. The van der Waals surface area contributed by atoms with Crippen molar-refractivity contribution in [1.82, 2.24) is 4.98 Å². The summed E-state index contributed by atoms with van der Waals surface area (Å²) in [5.74, 6) is 1.14. The van der Waals surface area contributed by atoms with Crippen LogP contribution in [-0.4, -0.2) is 28.3 Å². The van der Waals surface area contributed by atoms with Gasteiger partial charge in [0.25, 0.3) is 0 Å². The quantitative estimate of drug-likeness (QED) is 0.489. The van der Waals surface area contributed by atoms with Gasteiger partial charge in [0, 0.05) is 41.7 Å². The van der Waals surface area contributed by atoms with Crippen LogP contribution in [0.1, 0.15) is 29.8 Å². The first-order valence-corrected chi connectivity index (χ1v) is 9.33. The lowest BCUT2D eigenvalue weighted by Gasteiger charge is -2.27. The molecule has 0 fully saturated rings. The van der Waals surface area contributed by atoms with Gasteiger partial charge in [0.05, 0.1) is 18.5 Å². The van der Waals surface area contributed by atoms with Gasteiger partial charge in [-0.3, -0.25) is 4.98 Å². The summed E-state index contributed by atoms with van der Waals surface area (Å²) >= 11 is 0. The van der Waals surface area contributed by atoms with Crippen LogP contribution in [0.5, 0.6) is 5.75 Å². The van der Waals surface area contributed by atoms with Gasteiger partial charge in [-0.1, -0.05) is 24.3 Å². The standard InChI is InChI=1S/C22H23N3O3/c26-22(27)19-8-10-23-14-20(19)24-13-15-9-11-28-21-12-17(6-7-18(15)21)25-16-4-2-1-3-5-16/h1-8,10,12,14-15,22,24-27H,9,11,13H2. The van der Waals surface area contributed by atoms with Gasteiger partial charge in [-0.2, -0.15) is 0 Å². The van der Waals surface area contributed by atoms with Crippen molar-refractivity contribution in [1.29, 1.82) is 0 Å². The van der Waals surface area contributed by atoms with Crippen LogP contribution < -0.4 is 15.4 Å². The van der Waals surface area contributed by atoms with Crippen molar-refractivity contribution in [2.45, 2.75) is 18.6 Å². The van der Waals surface area contributed by atoms with Gasteiger partial charge in [0.15, 0.2) is 6.29 Å². The average Bonchev–Trinajstić information content (AvgIpc) is 2.73.